The smallest absolute Gasteiger partial charge is 0.185 e. The van der Waals surface area contributed by atoms with Gasteiger partial charge in [-0.3, -0.25) is 0 Å². The van der Waals surface area contributed by atoms with Crippen molar-refractivity contribution >= 4 is 10.8 Å². The number of hydrogen-bond acceptors (Lipinski definition) is 3. The summed E-state index contributed by atoms with van der Waals surface area (Å²) in [6.45, 7) is 1.40. The summed E-state index contributed by atoms with van der Waals surface area (Å²) in [6.07, 6.45) is -0.0568. The van der Waals surface area contributed by atoms with Crippen molar-refractivity contribution in [1.82, 2.24) is 4.90 Å². The normalized spacial score (nSPS) is 19.5. The Bertz CT molecular complexity index is 874. The van der Waals surface area contributed by atoms with Gasteiger partial charge in [-0.05, 0) is 22.9 Å². The minimum absolute atomic E-state index is 0.0568. The quantitative estimate of drug-likeness (QED) is 0.622. The summed E-state index contributed by atoms with van der Waals surface area (Å²) < 4.78 is 12.2. The van der Waals surface area contributed by atoms with Crippen molar-refractivity contribution < 1.29 is 9.47 Å². The predicted molar refractivity (Wildman–Crippen MR) is 84.8 cm³/mol. The summed E-state index contributed by atoms with van der Waals surface area (Å²) >= 11 is 0. The molecule has 3 heteroatoms. The van der Waals surface area contributed by atoms with Crippen LogP contribution in [0.3, 0.4) is 0 Å². The Morgan fingerprint density at radius 2 is 1.73 bits per heavy atom. The van der Waals surface area contributed by atoms with Crippen LogP contribution < -0.4 is 9.47 Å². The van der Waals surface area contributed by atoms with E-state index in [4.69, 9.17) is 9.47 Å². The van der Waals surface area contributed by atoms with Crippen LogP contribution in [0.25, 0.3) is 10.8 Å². The second kappa shape index (κ2) is 4.49. The lowest BCUT2D eigenvalue weighted by Gasteiger charge is -2.40. The molecular weight excluding hydrogens is 274 g/mol. The molecular formula is C19H15NO2. The van der Waals surface area contributed by atoms with E-state index in [1.54, 1.807) is 0 Å². The molecule has 2 aliphatic heterocycles. The maximum atomic E-state index is 6.32. The number of para-hydroxylation sites is 1. The highest BCUT2D eigenvalue weighted by molar-refractivity contribution is 5.87. The van der Waals surface area contributed by atoms with Gasteiger partial charge in [-0.15, -0.1) is 0 Å². The average Bonchev–Trinajstić information content (AvgIpc) is 2.60. The van der Waals surface area contributed by atoms with Crippen LogP contribution in [0.1, 0.15) is 17.4 Å². The Balaban J connectivity index is 1.65. The van der Waals surface area contributed by atoms with Gasteiger partial charge in [-0.2, -0.15) is 0 Å². The van der Waals surface area contributed by atoms with Gasteiger partial charge in [0.25, 0.3) is 0 Å². The fourth-order valence-electron chi connectivity index (χ4n) is 3.41. The molecule has 5 rings (SSSR count). The van der Waals surface area contributed by atoms with Gasteiger partial charge >= 0.3 is 0 Å². The third kappa shape index (κ3) is 1.66. The number of ether oxygens (including phenoxy) is 2. The van der Waals surface area contributed by atoms with Crippen molar-refractivity contribution in [3.05, 3.63) is 71.8 Å². The van der Waals surface area contributed by atoms with E-state index < -0.39 is 0 Å². The van der Waals surface area contributed by atoms with Crippen molar-refractivity contribution in [3.8, 4) is 11.5 Å². The molecule has 2 heterocycles. The maximum Gasteiger partial charge on any atom is 0.185 e. The Hall–Kier alpha value is -2.52. The van der Waals surface area contributed by atoms with Crippen molar-refractivity contribution in [3.63, 3.8) is 0 Å². The Morgan fingerprint density at radius 3 is 2.73 bits per heavy atom. The highest BCUT2D eigenvalue weighted by Crippen LogP contribution is 2.43. The Morgan fingerprint density at radius 1 is 0.864 bits per heavy atom. The number of nitrogens with zero attached hydrogens (tertiary/aromatic N) is 1. The standard InChI is InChI=1S/C19H15NO2/c1-2-6-14-13(5-1)9-10-18-16(14)11-20-12-21-17-8-4-3-7-15(17)19(20)22-18/h1-10,19H,11-12H2. The van der Waals surface area contributed by atoms with Gasteiger partial charge < -0.3 is 9.47 Å². The molecule has 0 saturated carbocycles. The molecule has 0 amide bonds. The van der Waals surface area contributed by atoms with Gasteiger partial charge in [0.15, 0.2) is 6.23 Å². The van der Waals surface area contributed by atoms with Crippen LogP contribution in [0.2, 0.25) is 0 Å². The van der Waals surface area contributed by atoms with Crippen LogP contribution >= 0.6 is 0 Å². The Labute approximate surface area is 128 Å². The lowest BCUT2D eigenvalue weighted by Crippen LogP contribution is -2.41. The van der Waals surface area contributed by atoms with E-state index in [1.165, 1.54) is 16.3 Å². The van der Waals surface area contributed by atoms with Crippen LogP contribution in [0, 0.1) is 0 Å². The van der Waals surface area contributed by atoms with Gasteiger partial charge in [0, 0.05) is 17.7 Å². The zero-order valence-electron chi connectivity index (χ0n) is 12.0. The van der Waals surface area contributed by atoms with Crippen molar-refractivity contribution in [2.24, 2.45) is 0 Å². The summed E-state index contributed by atoms with van der Waals surface area (Å²) in [5, 5.41) is 2.51. The molecule has 0 N–H and O–H groups in total. The summed E-state index contributed by atoms with van der Waals surface area (Å²) in [4.78, 5) is 2.23. The van der Waals surface area contributed by atoms with Crippen LogP contribution in [0.4, 0.5) is 0 Å². The van der Waals surface area contributed by atoms with Crippen molar-refractivity contribution in [1.29, 1.82) is 0 Å². The molecule has 1 unspecified atom stereocenters. The van der Waals surface area contributed by atoms with E-state index in [0.29, 0.717) is 6.73 Å². The lowest BCUT2D eigenvalue weighted by atomic mass is 10.0. The second-order valence-electron chi connectivity index (χ2n) is 5.79. The first-order valence-electron chi connectivity index (χ1n) is 7.53. The second-order valence-corrected chi connectivity index (χ2v) is 5.79. The van der Waals surface area contributed by atoms with Gasteiger partial charge in [0.1, 0.15) is 18.2 Å². The van der Waals surface area contributed by atoms with Crippen LogP contribution in [-0.4, -0.2) is 11.6 Å². The molecule has 2 aliphatic rings. The average molecular weight is 289 g/mol. The highest BCUT2D eigenvalue weighted by atomic mass is 16.5. The third-order valence-corrected chi connectivity index (χ3v) is 4.50. The number of benzene rings is 3. The first-order valence-corrected chi connectivity index (χ1v) is 7.53. The molecule has 0 aliphatic carbocycles. The molecule has 0 aromatic heterocycles. The molecule has 1 atom stereocenters. The van der Waals surface area contributed by atoms with E-state index >= 15 is 0 Å². The minimum Gasteiger partial charge on any atom is -0.478 e. The molecule has 3 aromatic rings. The van der Waals surface area contributed by atoms with Gasteiger partial charge in [-0.1, -0.05) is 48.5 Å². The van der Waals surface area contributed by atoms with E-state index in [-0.39, 0.29) is 6.23 Å². The molecule has 108 valence electrons. The molecule has 0 bridgehead atoms. The van der Waals surface area contributed by atoms with E-state index in [9.17, 15) is 0 Å². The molecule has 0 radical (unpaired) electrons. The maximum absolute atomic E-state index is 6.32. The molecule has 22 heavy (non-hydrogen) atoms. The third-order valence-electron chi connectivity index (χ3n) is 4.50. The number of fused-ring (bicyclic) bond motifs is 6. The SMILES string of the molecule is c1ccc2c(c1)OCN1Cc3c(ccc4ccccc34)OC21. The zero-order valence-corrected chi connectivity index (χ0v) is 12.0. The molecule has 3 nitrogen and oxygen atoms in total. The molecule has 0 fully saturated rings. The van der Waals surface area contributed by atoms with Crippen LogP contribution in [0.5, 0.6) is 11.5 Å². The van der Waals surface area contributed by atoms with Crippen molar-refractivity contribution in [2.45, 2.75) is 12.8 Å². The highest BCUT2D eigenvalue weighted by Gasteiger charge is 2.34. The fourth-order valence-corrected chi connectivity index (χ4v) is 3.41. The van der Waals surface area contributed by atoms with E-state index in [0.717, 1.165) is 23.6 Å². The number of hydrogen-bond donors (Lipinski definition) is 0. The van der Waals surface area contributed by atoms with Crippen molar-refractivity contribution in [2.75, 3.05) is 6.73 Å². The minimum atomic E-state index is -0.0568. The summed E-state index contributed by atoms with van der Waals surface area (Å²) in [7, 11) is 0. The Kier molecular flexibility index (Phi) is 2.46. The predicted octanol–water partition coefficient (Wildman–Crippen LogP) is 4.08. The molecule has 0 spiro atoms. The van der Waals surface area contributed by atoms with E-state index in [1.807, 2.05) is 18.2 Å². The summed E-state index contributed by atoms with van der Waals surface area (Å²) in [5.74, 6) is 1.91. The first-order chi connectivity index (χ1) is 10.9. The molecule has 3 aromatic carbocycles. The van der Waals surface area contributed by atoms with Crippen LogP contribution in [-0.2, 0) is 6.54 Å². The fraction of sp³-hybridized carbons (Fsp3) is 0.158. The zero-order chi connectivity index (χ0) is 14.5. The molecule has 0 saturated heterocycles. The summed E-state index contributed by atoms with van der Waals surface area (Å²) in [6, 6.07) is 20.8. The van der Waals surface area contributed by atoms with Gasteiger partial charge in [0.2, 0.25) is 0 Å². The number of rotatable bonds is 0. The van der Waals surface area contributed by atoms with Gasteiger partial charge in [-0.25, -0.2) is 4.90 Å². The van der Waals surface area contributed by atoms with Gasteiger partial charge in [0.05, 0.1) is 0 Å². The first kappa shape index (κ1) is 12.1. The topological polar surface area (TPSA) is 21.7 Å². The summed E-state index contributed by atoms with van der Waals surface area (Å²) in [5.41, 5.74) is 2.35. The lowest BCUT2D eigenvalue weighted by molar-refractivity contribution is -0.0639. The monoisotopic (exact) mass is 289 g/mol. The van der Waals surface area contributed by atoms with E-state index in [2.05, 4.69) is 47.4 Å². The van der Waals surface area contributed by atoms with Crippen LogP contribution in [0.15, 0.2) is 60.7 Å². The largest absolute Gasteiger partial charge is 0.478 e.